The number of benzene rings is 1. The van der Waals surface area contributed by atoms with Crippen LogP contribution >= 0.6 is 11.6 Å². The molecule has 0 saturated heterocycles. The summed E-state index contributed by atoms with van der Waals surface area (Å²) < 4.78 is 0. The SMILES string of the molecule is Cc1ccc(C)c(NC2=C(Cl)C(=O)c3nc(C)ccc3C2=O)c1. The molecule has 1 N–H and O–H groups in total. The first-order chi connectivity index (χ1) is 10.9. The Morgan fingerprint density at radius 3 is 2.48 bits per heavy atom. The lowest BCUT2D eigenvalue weighted by molar-refractivity contribution is 0.0978. The standard InChI is InChI=1S/C18H15ClN2O2/c1-9-4-5-10(2)13(8-9)21-16-14(19)18(23)15-12(17(16)22)7-6-11(3)20-15/h4-8,21H,1-3H3. The van der Waals surface area contributed by atoms with E-state index in [1.165, 1.54) is 0 Å². The van der Waals surface area contributed by atoms with Crippen LogP contribution in [0.4, 0.5) is 5.69 Å². The fourth-order valence-corrected chi connectivity index (χ4v) is 2.70. The average Bonchev–Trinajstić information content (AvgIpc) is 2.52. The first-order valence-electron chi connectivity index (χ1n) is 7.19. The van der Waals surface area contributed by atoms with Gasteiger partial charge in [-0.25, -0.2) is 4.98 Å². The van der Waals surface area contributed by atoms with Crippen LogP contribution in [-0.2, 0) is 0 Å². The number of Topliss-reactive ketones (excluding diaryl/α,β-unsaturated/α-hetero) is 2. The molecule has 1 heterocycles. The lowest BCUT2D eigenvalue weighted by Crippen LogP contribution is -2.25. The minimum absolute atomic E-state index is 0.100. The molecule has 0 spiro atoms. The van der Waals surface area contributed by atoms with Crippen molar-refractivity contribution in [2.24, 2.45) is 0 Å². The number of rotatable bonds is 2. The number of allylic oxidation sites excluding steroid dienone is 2. The predicted octanol–water partition coefficient (Wildman–Crippen LogP) is 3.95. The zero-order chi connectivity index (χ0) is 16.7. The van der Waals surface area contributed by atoms with Gasteiger partial charge in [-0.15, -0.1) is 0 Å². The number of fused-ring (bicyclic) bond motifs is 1. The molecule has 3 rings (SSSR count). The van der Waals surface area contributed by atoms with Gasteiger partial charge in [-0.2, -0.15) is 0 Å². The van der Waals surface area contributed by atoms with Gasteiger partial charge in [0.25, 0.3) is 0 Å². The zero-order valence-corrected chi connectivity index (χ0v) is 13.8. The van der Waals surface area contributed by atoms with Gasteiger partial charge in [0, 0.05) is 11.4 Å². The molecular formula is C18H15ClN2O2. The van der Waals surface area contributed by atoms with E-state index in [0.29, 0.717) is 5.69 Å². The van der Waals surface area contributed by atoms with E-state index in [4.69, 9.17) is 11.6 Å². The van der Waals surface area contributed by atoms with Crippen LogP contribution < -0.4 is 5.32 Å². The van der Waals surface area contributed by atoms with Crippen molar-refractivity contribution >= 4 is 28.9 Å². The summed E-state index contributed by atoms with van der Waals surface area (Å²) in [6, 6.07) is 9.16. The van der Waals surface area contributed by atoms with Gasteiger partial charge in [-0.1, -0.05) is 23.7 Å². The van der Waals surface area contributed by atoms with Gasteiger partial charge in [-0.3, -0.25) is 9.59 Å². The highest BCUT2D eigenvalue weighted by Gasteiger charge is 2.33. The highest BCUT2D eigenvalue weighted by molar-refractivity contribution is 6.50. The van der Waals surface area contributed by atoms with E-state index < -0.39 is 5.78 Å². The number of hydrogen-bond acceptors (Lipinski definition) is 4. The van der Waals surface area contributed by atoms with Crippen LogP contribution in [0.5, 0.6) is 0 Å². The molecule has 0 radical (unpaired) electrons. The third kappa shape index (κ3) is 2.66. The van der Waals surface area contributed by atoms with E-state index in [9.17, 15) is 9.59 Å². The fourth-order valence-electron chi connectivity index (χ4n) is 2.48. The molecule has 0 saturated carbocycles. The number of anilines is 1. The quantitative estimate of drug-likeness (QED) is 0.907. The number of pyridine rings is 1. The summed E-state index contributed by atoms with van der Waals surface area (Å²) in [4.78, 5) is 29.3. The molecule has 0 aliphatic heterocycles. The average molecular weight is 327 g/mol. The number of carbonyl (C=O) groups is 2. The van der Waals surface area contributed by atoms with Gasteiger partial charge in [0.2, 0.25) is 11.6 Å². The van der Waals surface area contributed by atoms with E-state index in [-0.39, 0.29) is 27.8 Å². The summed E-state index contributed by atoms with van der Waals surface area (Å²) in [7, 11) is 0. The molecule has 2 aromatic rings. The molecule has 1 aromatic carbocycles. The first kappa shape index (κ1) is 15.4. The molecule has 0 atom stereocenters. The predicted molar refractivity (Wildman–Crippen MR) is 90.1 cm³/mol. The third-order valence-electron chi connectivity index (χ3n) is 3.79. The lowest BCUT2D eigenvalue weighted by Gasteiger charge is -2.19. The Labute approximate surface area is 139 Å². The highest BCUT2D eigenvalue weighted by atomic mass is 35.5. The number of aromatic nitrogens is 1. The van der Waals surface area contributed by atoms with E-state index in [2.05, 4.69) is 10.3 Å². The van der Waals surface area contributed by atoms with Crippen LogP contribution in [0.1, 0.15) is 37.7 Å². The summed E-state index contributed by atoms with van der Waals surface area (Å²) in [6.07, 6.45) is 0. The van der Waals surface area contributed by atoms with E-state index in [0.717, 1.165) is 16.8 Å². The number of halogens is 1. The van der Waals surface area contributed by atoms with Gasteiger partial charge in [-0.05, 0) is 50.1 Å². The van der Waals surface area contributed by atoms with Crippen LogP contribution in [0.25, 0.3) is 0 Å². The topological polar surface area (TPSA) is 59.1 Å². The van der Waals surface area contributed by atoms with Crippen LogP contribution in [-0.4, -0.2) is 16.6 Å². The molecule has 1 aromatic heterocycles. The molecule has 0 amide bonds. The third-order valence-corrected chi connectivity index (χ3v) is 4.15. The second-order valence-electron chi connectivity index (χ2n) is 5.64. The van der Waals surface area contributed by atoms with Crippen molar-refractivity contribution in [3.8, 4) is 0 Å². The fraction of sp³-hybridized carbons (Fsp3) is 0.167. The van der Waals surface area contributed by atoms with E-state index in [1.54, 1.807) is 19.1 Å². The molecule has 5 heteroatoms. The maximum absolute atomic E-state index is 12.7. The molecular weight excluding hydrogens is 312 g/mol. The lowest BCUT2D eigenvalue weighted by atomic mass is 9.96. The number of aryl methyl sites for hydroxylation is 3. The Balaban J connectivity index is 2.08. The van der Waals surface area contributed by atoms with Crippen molar-refractivity contribution in [3.05, 3.63) is 69.1 Å². The molecule has 0 unspecified atom stereocenters. The van der Waals surface area contributed by atoms with Crippen molar-refractivity contribution in [2.75, 3.05) is 5.32 Å². The minimum atomic E-state index is -0.433. The van der Waals surface area contributed by atoms with Crippen LogP contribution in [0.15, 0.2) is 41.1 Å². The van der Waals surface area contributed by atoms with Crippen LogP contribution in [0.3, 0.4) is 0 Å². The van der Waals surface area contributed by atoms with E-state index in [1.807, 2.05) is 32.0 Å². The van der Waals surface area contributed by atoms with E-state index >= 15 is 0 Å². The number of carbonyl (C=O) groups excluding carboxylic acids is 2. The van der Waals surface area contributed by atoms with Crippen molar-refractivity contribution in [1.82, 2.24) is 4.98 Å². The Kier molecular flexibility index (Phi) is 3.78. The Morgan fingerprint density at radius 1 is 1.00 bits per heavy atom. The number of hydrogen-bond donors (Lipinski definition) is 1. The summed E-state index contributed by atoms with van der Waals surface area (Å²) in [5.41, 5.74) is 3.92. The van der Waals surface area contributed by atoms with Crippen LogP contribution in [0, 0.1) is 20.8 Å². The van der Waals surface area contributed by atoms with Crippen molar-refractivity contribution < 1.29 is 9.59 Å². The Hall–Kier alpha value is -2.46. The molecule has 1 aliphatic rings. The van der Waals surface area contributed by atoms with Gasteiger partial charge in [0.05, 0.1) is 5.56 Å². The number of nitrogens with zero attached hydrogens (tertiary/aromatic N) is 1. The largest absolute Gasteiger partial charge is 0.351 e. The second kappa shape index (κ2) is 5.63. The monoisotopic (exact) mass is 326 g/mol. The van der Waals surface area contributed by atoms with Crippen molar-refractivity contribution in [1.29, 1.82) is 0 Å². The summed E-state index contributed by atoms with van der Waals surface area (Å²) in [5.74, 6) is -0.754. The van der Waals surface area contributed by atoms with Crippen molar-refractivity contribution in [3.63, 3.8) is 0 Å². The summed E-state index contributed by atoms with van der Waals surface area (Å²) in [5, 5.41) is 2.90. The normalized spacial score (nSPS) is 14.1. The van der Waals surface area contributed by atoms with Crippen molar-refractivity contribution in [2.45, 2.75) is 20.8 Å². The Morgan fingerprint density at radius 2 is 1.74 bits per heavy atom. The molecule has 4 nitrogen and oxygen atoms in total. The molecule has 1 aliphatic carbocycles. The molecule has 23 heavy (non-hydrogen) atoms. The maximum Gasteiger partial charge on any atom is 0.225 e. The van der Waals surface area contributed by atoms with Gasteiger partial charge >= 0.3 is 0 Å². The second-order valence-corrected chi connectivity index (χ2v) is 6.02. The smallest absolute Gasteiger partial charge is 0.225 e. The van der Waals surface area contributed by atoms with Gasteiger partial charge < -0.3 is 5.32 Å². The number of nitrogens with one attached hydrogen (secondary N) is 1. The molecule has 116 valence electrons. The molecule has 0 fully saturated rings. The Bertz CT molecular complexity index is 885. The number of ketones is 2. The minimum Gasteiger partial charge on any atom is -0.351 e. The van der Waals surface area contributed by atoms with Gasteiger partial charge in [0.1, 0.15) is 16.4 Å². The maximum atomic E-state index is 12.7. The highest BCUT2D eigenvalue weighted by Crippen LogP contribution is 2.29. The zero-order valence-electron chi connectivity index (χ0n) is 13.0. The summed E-state index contributed by atoms with van der Waals surface area (Å²) in [6.45, 7) is 5.64. The summed E-state index contributed by atoms with van der Waals surface area (Å²) >= 11 is 6.16. The van der Waals surface area contributed by atoms with Gasteiger partial charge in [0.15, 0.2) is 0 Å². The first-order valence-corrected chi connectivity index (χ1v) is 7.57. The van der Waals surface area contributed by atoms with Crippen LogP contribution in [0.2, 0.25) is 0 Å². The molecule has 0 bridgehead atoms.